The average molecular weight is 172 g/mol. The number of ether oxygens (including phenoxy) is 1. The second-order valence-electron chi connectivity index (χ2n) is 3.39. The van der Waals surface area contributed by atoms with Gasteiger partial charge in [-0.05, 0) is 25.2 Å². The van der Waals surface area contributed by atoms with Crippen LogP contribution in [-0.2, 0) is 9.53 Å². The highest BCUT2D eigenvalue weighted by molar-refractivity contribution is 5.67. The van der Waals surface area contributed by atoms with Crippen LogP contribution in [0.2, 0.25) is 0 Å². The van der Waals surface area contributed by atoms with Crippen molar-refractivity contribution in [3.05, 3.63) is 0 Å². The van der Waals surface area contributed by atoms with E-state index in [1.807, 2.05) is 0 Å². The maximum atomic E-state index is 10.4. The van der Waals surface area contributed by atoms with Crippen LogP contribution in [0.3, 0.4) is 0 Å². The molecule has 1 heterocycles. The van der Waals surface area contributed by atoms with E-state index >= 15 is 0 Å². The third-order valence-corrected chi connectivity index (χ3v) is 2.39. The summed E-state index contributed by atoms with van der Waals surface area (Å²) in [4.78, 5) is 10.4. The zero-order valence-corrected chi connectivity index (χ0v) is 7.45. The summed E-state index contributed by atoms with van der Waals surface area (Å²) >= 11 is 0. The van der Waals surface area contributed by atoms with Crippen molar-refractivity contribution in [2.45, 2.75) is 38.7 Å². The minimum atomic E-state index is -0.684. The minimum absolute atomic E-state index is 0.295. The molecule has 3 nitrogen and oxygen atoms in total. The summed E-state index contributed by atoms with van der Waals surface area (Å²) in [5.41, 5.74) is 0. The highest BCUT2D eigenvalue weighted by Crippen LogP contribution is 2.24. The summed E-state index contributed by atoms with van der Waals surface area (Å²) in [5.74, 6) is -0.349. The van der Waals surface area contributed by atoms with E-state index in [1.165, 1.54) is 0 Å². The van der Waals surface area contributed by atoms with Gasteiger partial charge in [-0.25, -0.2) is 0 Å². The molecule has 0 saturated carbocycles. The first kappa shape index (κ1) is 9.52. The highest BCUT2D eigenvalue weighted by Gasteiger charge is 2.22. The van der Waals surface area contributed by atoms with E-state index in [0.29, 0.717) is 18.4 Å². The minimum Gasteiger partial charge on any atom is -0.481 e. The average Bonchev–Trinajstić information content (AvgIpc) is 2.03. The van der Waals surface area contributed by atoms with E-state index in [1.54, 1.807) is 0 Å². The van der Waals surface area contributed by atoms with E-state index in [9.17, 15) is 4.79 Å². The maximum Gasteiger partial charge on any atom is 0.303 e. The Morgan fingerprint density at radius 1 is 1.67 bits per heavy atom. The Kier molecular flexibility index (Phi) is 3.53. The molecule has 1 fully saturated rings. The Balaban J connectivity index is 2.30. The molecule has 0 bridgehead atoms. The van der Waals surface area contributed by atoms with Gasteiger partial charge in [-0.3, -0.25) is 4.79 Å². The normalized spacial score (nSPS) is 30.1. The summed E-state index contributed by atoms with van der Waals surface area (Å²) in [6.07, 6.45) is 3.42. The van der Waals surface area contributed by atoms with Crippen LogP contribution in [0.5, 0.6) is 0 Å². The molecule has 0 radical (unpaired) electrons. The monoisotopic (exact) mass is 172 g/mol. The summed E-state index contributed by atoms with van der Waals surface area (Å²) in [6.45, 7) is 2.81. The van der Waals surface area contributed by atoms with E-state index in [4.69, 9.17) is 9.84 Å². The molecule has 0 aromatic rings. The third-order valence-electron chi connectivity index (χ3n) is 2.39. The van der Waals surface area contributed by atoms with E-state index in [2.05, 4.69) is 6.92 Å². The van der Waals surface area contributed by atoms with Crippen molar-refractivity contribution in [1.82, 2.24) is 0 Å². The Labute approximate surface area is 72.7 Å². The first-order valence-electron chi connectivity index (χ1n) is 4.55. The molecule has 1 N–H and O–H groups in total. The Bertz CT molecular complexity index is 156. The number of hydrogen-bond acceptors (Lipinski definition) is 2. The molecule has 1 saturated heterocycles. The van der Waals surface area contributed by atoms with Crippen molar-refractivity contribution in [3.8, 4) is 0 Å². The van der Waals surface area contributed by atoms with Gasteiger partial charge in [0.15, 0.2) is 0 Å². The molecule has 0 spiro atoms. The van der Waals surface area contributed by atoms with E-state index < -0.39 is 5.97 Å². The molecule has 70 valence electrons. The predicted molar refractivity (Wildman–Crippen MR) is 45.0 cm³/mol. The Morgan fingerprint density at radius 2 is 2.42 bits per heavy atom. The van der Waals surface area contributed by atoms with Crippen LogP contribution in [0.25, 0.3) is 0 Å². The van der Waals surface area contributed by atoms with Crippen LogP contribution in [-0.4, -0.2) is 23.8 Å². The van der Waals surface area contributed by atoms with E-state index in [0.717, 1.165) is 25.9 Å². The first-order chi connectivity index (χ1) is 5.72. The molecule has 0 amide bonds. The molecule has 0 aliphatic carbocycles. The Morgan fingerprint density at radius 3 is 3.00 bits per heavy atom. The second kappa shape index (κ2) is 4.45. The lowest BCUT2D eigenvalue weighted by atomic mass is 9.92. The molecule has 1 aliphatic rings. The van der Waals surface area contributed by atoms with Gasteiger partial charge in [0.05, 0.1) is 6.10 Å². The molecular weight excluding hydrogens is 156 g/mol. The lowest BCUT2D eigenvalue weighted by Crippen LogP contribution is -2.26. The highest BCUT2D eigenvalue weighted by atomic mass is 16.5. The Hall–Kier alpha value is -0.570. The van der Waals surface area contributed by atoms with Gasteiger partial charge in [0.2, 0.25) is 0 Å². The number of hydrogen-bond donors (Lipinski definition) is 1. The number of carbonyl (C=O) groups is 1. The quantitative estimate of drug-likeness (QED) is 0.704. The SMILES string of the molecule is CCC1CC(CC(=O)O)CCO1. The van der Waals surface area contributed by atoms with Gasteiger partial charge >= 0.3 is 5.97 Å². The number of rotatable bonds is 3. The first-order valence-corrected chi connectivity index (χ1v) is 4.55. The van der Waals surface area contributed by atoms with Gasteiger partial charge < -0.3 is 9.84 Å². The fourth-order valence-corrected chi connectivity index (χ4v) is 1.68. The molecule has 2 atom stereocenters. The van der Waals surface area contributed by atoms with Gasteiger partial charge in [-0.15, -0.1) is 0 Å². The fourth-order valence-electron chi connectivity index (χ4n) is 1.68. The van der Waals surface area contributed by atoms with Crippen molar-refractivity contribution in [2.24, 2.45) is 5.92 Å². The van der Waals surface area contributed by atoms with Crippen LogP contribution in [0.15, 0.2) is 0 Å². The molecule has 1 aliphatic heterocycles. The number of carboxylic acids is 1. The van der Waals surface area contributed by atoms with Crippen LogP contribution < -0.4 is 0 Å². The second-order valence-corrected chi connectivity index (χ2v) is 3.39. The van der Waals surface area contributed by atoms with Crippen molar-refractivity contribution in [2.75, 3.05) is 6.61 Å². The summed E-state index contributed by atoms with van der Waals surface area (Å²) < 4.78 is 5.45. The van der Waals surface area contributed by atoms with Gasteiger partial charge in [-0.1, -0.05) is 6.92 Å². The van der Waals surface area contributed by atoms with Gasteiger partial charge in [0.25, 0.3) is 0 Å². The topological polar surface area (TPSA) is 46.5 Å². The van der Waals surface area contributed by atoms with Crippen LogP contribution >= 0.6 is 0 Å². The molecule has 0 aromatic heterocycles. The zero-order chi connectivity index (χ0) is 8.97. The van der Waals surface area contributed by atoms with E-state index in [-0.39, 0.29) is 0 Å². The third kappa shape index (κ3) is 2.81. The summed E-state index contributed by atoms with van der Waals surface area (Å²) in [5, 5.41) is 8.58. The van der Waals surface area contributed by atoms with Crippen molar-refractivity contribution in [1.29, 1.82) is 0 Å². The molecular formula is C9H16O3. The van der Waals surface area contributed by atoms with Gasteiger partial charge in [0, 0.05) is 13.0 Å². The summed E-state index contributed by atoms with van der Waals surface area (Å²) in [7, 11) is 0. The van der Waals surface area contributed by atoms with Crippen molar-refractivity contribution >= 4 is 5.97 Å². The smallest absolute Gasteiger partial charge is 0.303 e. The lowest BCUT2D eigenvalue weighted by Gasteiger charge is -2.27. The lowest BCUT2D eigenvalue weighted by molar-refractivity contribution is -0.139. The molecule has 2 unspecified atom stereocenters. The van der Waals surface area contributed by atoms with Gasteiger partial charge in [-0.2, -0.15) is 0 Å². The van der Waals surface area contributed by atoms with Crippen LogP contribution in [0.4, 0.5) is 0 Å². The summed E-state index contributed by atoms with van der Waals surface area (Å²) in [6, 6.07) is 0. The zero-order valence-electron chi connectivity index (χ0n) is 7.45. The van der Waals surface area contributed by atoms with Crippen molar-refractivity contribution < 1.29 is 14.6 Å². The predicted octanol–water partition coefficient (Wildman–Crippen LogP) is 1.67. The number of aliphatic carboxylic acids is 1. The molecule has 3 heteroatoms. The maximum absolute atomic E-state index is 10.4. The van der Waals surface area contributed by atoms with Crippen LogP contribution in [0.1, 0.15) is 32.6 Å². The standard InChI is InChI=1S/C9H16O3/c1-2-8-5-7(3-4-12-8)6-9(10)11/h7-8H,2-6H2,1H3,(H,10,11). The molecule has 12 heavy (non-hydrogen) atoms. The number of carboxylic acid groups (broad SMARTS) is 1. The van der Waals surface area contributed by atoms with Crippen molar-refractivity contribution in [3.63, 3.8) is 0 Å². The molecule has 0 aromatic carbocycles. The molecule has 1 rings (SSSR count). The fraction of sp³-hybridized carbons (Fsp3) is 0.889. The largest absolute Gasteiger partial charge is 0.481 e. The van der Waals surface area contributed by atoms with Crippen LogP contribution in [0, 0.1) is 5.92 Å². The van der Waals surface area contributed by atoms with Gasteiger partial charge in [0.1, 0.15) is 0 Å².